The zero-order chi connectivity index (χ0) is 11.3. The topological polar surface area (TPSA) is 47.6 Å². The molecule has 0 spiro atoms. The largest absolute Gasteiger partial charge is 0.468 e. The number of hydrogen-bond donors (Lipinski definition) is 1. The van der Waals surface area contributed by atoms with E-state index in [4.69, 9.17) is 9.47 Å². The molecule has 1 heterocycles. The van der Waals surface area contributed by atoms with Crippen LogP contribution in [0.5, 0.6) is 0 Å². The van der Waals surface area contributed by atoms with Crippen molar-refractivity contribution in [1.29, 1.82) is 0 Å². The lowest BCUT2D eigenvalue weighted by Crippen LogP contribution is -2.57. The first-order valence-corrected chi connectivity index (χ1v) is 5.59. The number of esters is 1. The van der Waals surface area contributed by atoms with E-state index in [1.54, 1.807) is 0 Å². The van der Waals surface area contributed by atoms with E-state index in [-0.39, 0.29) is 12.1 Å². The molecule has 1 aliphatic rings. The zero-order valence-corrected chi connectivity index (χ0v) is 9.84. The second-order valence-electron chi connectivity index (χ2n) is 4.14. The van der Waals surface area contributed by atoms with Crippen molar-refractivity contribution >= 4 is 5.97 Å². The Hall–Kier alpha value is -0.610. The van der Waals surface area contributed by atoms with Crippen LogP contribution in [0.4, 0.5) is 0 Å². The van der Waals surface area contributed by atoms with Crippen molar-refractivity contribution in [3.8, 4) is 0 Å². The molecular formula is C11H21NO3. The van der Waals surface area contributed by atoms with Crippen LogP contribution in [0.25, 0.3) is 0 Å². The van der Waals surface area contributed by atoms with Crippen molar-refractivity contribution in [1.82, 2.24) is 5.32 Å². The quantitative estimate of drug-likeness (QED) is 0.713. The highest BCUT2D eigenvalue weighted by atomic mass is 16.5. The van der Waals surface area contributed by atoms with E-state index in [1.807, 2.05) is 6.92 Å². The van der Waals surface area contributed by atoms with Crippen LogP contribution in [0.2, 0.25) is 0 Å². The van der Waals surface area contributed by atoms with E-state index in [0.717, 1.165) is 13.0 Å². The van der Waals surface area contributed by atoms with Gasteiger partial charge < -0.3 is 14.8 Å². The zero-order valence-electron chi connectivity index (χ0n) is 9.84. The van der Waals surface area contributed by atoms with Gasteiger partial charge in [-0.3, -0.25) is 4.79 Å². The molecule has 1 rings (SSSR count). The van der Waals surface area contributed by atoms with Crippen LogP contribution in [0, 0.1) is 0 Å². The molecule has 0 aromatic carbocycles. The Morgan fingerprint density at radius 2 is 2.40 bits per heavy atom. The third-order valence-corrected chi connectivity index (χ3v) is 2.86. The first kappa shape index (κ1) is 12.5. The highest BCUT2D eigenvalue weighted by molar-refractivity contribution is 5.81. The molecule has 2 atom stereocenters. The Labute approximate surface area is 91.3 Å². The smallest absolute Gasteiger partial charge is 0.326 e. The molecule has 0 bridgehead atoms. The van der Waals surface area contributed by atoms with Crippen LogP contribution >= 0.6 is 0 Å². The van der Waals surface area contributed by atoms with Crippen LogP contribution in [0.15, 0.2) is 0 Å². The highest BCUT2D eigenvalue weighted by Gasteiger charge is 2.42. The second kappa shape index (κ2) is 5.47. The average Bonchev–Trinajstić information content (AvgIpc) is 2.25. The SMILES string of the molecule is CCCNC1(C(=O)OC)CCOC(C)C1. The van der Waals surface area contributed by atoms with Gasteiger partial charge in [-0.25, -0.2) is 0 Å². The molecule has 0 amide bonds. The van der Waals surface area contributed by atoms with Crippen molar-refractivity contribution in [2.24, 2.45) is 0 Å². The highest BCUT2D eigenvalue weighted by Crippen LogP contribution is 2.26. The Morgan fingerprint density at radius 3 is 2.93 bits per heavy atom. The fourth-order valence-electron chi connectivity index (χ4n) is 2.06. The van der Waals surface area contributed by atoms with Gasteiger partial charge in [0, 0.05) is 13.0 Å². The Morgan fingerprint density at radius 1 is 1.67 bits per heavy atom. The molecule has 2 unspecified atom stereocenters. The molecule has 1 fully saturated rings. The monoisotopic (exact) mass is 215 g/mol. The minimum absolute atomic E-state index is 0.113. The van der Waals surface area contributed by atoms with Gasteiger partial charge in [0.1, 0.15) is 5.54 Å². The van der Waals surface area contributed by atoms with E-state index >= 15 is 0 Å². The molecule has 0 saturated carbocycles. The first-order chi connectivity index (χ1) is 7.14. The Kier molecular flexibility index (Phi) is 4.54. The molecule has 4 heteroatoms. The molecular weight excluding hydrogens is 194 g/mol. The van der Waals surface area contributed by atoms with Crippen LogP contribution in [0.1, 0.15) is 33.1 Å². The van der Waals surface area contributed by atoms with E-state index in [0.29, 0.717) is 19.4 Å². The summed E-state index contributed by atoms with van der Waals surface area (Å²) in [6, 6.07) is 0. The lowest BCUT2D eigenvalue weighted by Gasteiger charge is -2.38. The summed E-state index contributed by atoms with van der Waals surface area (Å²) in [7, 11) is 1.44. The second-order valence-corrected chi connectivity index (χ2v) is 4.14. The summed E-state index contributed by atoms with van der Waals surface area (Å²) in [4.78, 5) is 11.8. The summed E-state index contributed by atoms with van der Waals surface area (Å²) in [6.07, 6.45) is 2.51. The molecule has 1 saturated heterocycles. The lowest BCUT2D eigenvalue weighted by atomic mass is 9.87. The summed E-state index contributed by atoms with van der Waals surface area (Å²) in [5.74, 6) is -0.161. The van der Waals surface area contributed by atoms with Gasteiger partial charge in [-0.2, -0.15) is 0 Å². The predicted octanol–water partition coefficient (Wildman–Crippen LogP) is 1.10. The Bertz CT molecular complexity index is 220. The fraction of sp³-hybridized carbons (Fsp3) is 0.909. The van der Waals surface area contributed by atoms with Crippen LogP contribution in [-0.2, 0) is 14.3 Å². The van der Waals surface area contributed by atoms with Gasteiger partial charge in [-0.15, -0.1) is 0 Å². The number of carbonyl (C=O) groups is 1. The number of hydrogen-bond acceptors (Lipinski definition) is 4. The fourth-order valence-corrected chi connectivity index (χ4v) is 2.06. The van der Waals surface area contributed by atoms with E-state index in [1.165, 1.54) is 7.11 Å². The summed E-state index contributed by atoms with van der Waals surface area (Å²) in [5.41, 5.74) is -0.525. The van der Waals surface area contributed by atoms with Gasteiger partial charge in [0.15, 0.2) is 0 Å². The minimum Gasteiger partial charge on any atom is -0.468 e. The first-order valence-electron chi connectivity index (χ1n) is 5.59. The lowest BCUT2D eigenvalue weighted by molar-refractivity contribution is -0.155. The van der Waals surface area contributed by atoms with Crippen molar-refractivity contribution in [2.75, 3.05) is 20.3 Å². The molecule has 0 aromatic rings. The molecule has 0 aliphatic carbocycles. The molecule has 4 nitrogen and oxygen atoms in total. The van der Waals surface area contributed by atoms with E-state index in [9.17, 15) is 4.79 Å². The maximum atomic E-state index is 11.8. The minimum atomic E-state index is -0.525. The van der Waals surface area contributed by atoms with Crippen LogP contribution in [-0.4, -0.2) is 37.9 Å². The van der Waals surface area contributed by atoms with Crippen LogP contribution in [0.3, 0.4) is 0 Å². The van der Waals surface area contributed by atoms with Gasteiger partial charge in [0.2, 0.25) is 0 Å². The Balaban J connectivity index is 2.70. The van der Waals surface area contributed by atoms with E-state index in [2.05, 4.69) is 12.2 Å². The number of carbonyl (C=O) groups excluding carboxylic acids is 1. The molecule has 88 valence electrons. The molecule has 1 aliphatic heterocycles. The van der Waals surface area contributed by atoms with Gasteiger partial charge in [-0.05, 0) is 26.3 Å². The number of nitrogens with one attached hydrogen (secondary N) is 1. The van der Waals surface area contributed by atoms with Gasteiger partial charge in [0.25, 0.3) is 0 Å². The summed E-state index contributed by atoms with van der Waals surface area (Å²) in [5, 5.41) is 3.31. The number of rotatable bonds is 4. The van der Waals surface area contributed by atoms with Crippen molar-refractivity contribution in [3.05, 3.63) is 0 Å². The summed E-state index contributed by atoms with van der Waals surface area (Å²) >= 11 is 0. The average molecular weight is 215 g/mol. The van der Waals surface area contributed by atoms with Crippen LogP contribution < -0.4 is 5.32 Å². The van der Waals surface area contributed by atoms with Crippen molar-refractivity contribution < 1.29 is 14.3 Å². The standard InChI is InChI=1S/C11H21NO3/c1-4-6-12-11(10(13)14-3)5-7-15-9(2)8-11/h9,12H,4-8H2,1-3H3. The maximum absolute atomic E-state index is 11.8. The van der Waals surface area contributed by atoms with Gasteiger partial charge >= 0.3 is 5.97 Å². The normalized spacial score (nSPS) is 31.3. The van der Waals surface area contributed by atoms with E-state index < -0.39 is 5.54 Å². The summed E-state index contributed by atoms with van der Waals surface area (Å²) in [6.45, 7) is 5.53. The molecule has 1 N–H and O–H groups in total. The predicted molar refractivity (Wildman–Crippen MR) is 57.7 cm³/mol. The third kappa shape index (κ3) is 2.92. The van der Waals surface area contributed by atoms with Crippen molar-refractivity contribution in [2.45, 2.75) is 44.8 Å². The summed E-state index contributed by atoms with van der Waals surface area (Å²) < 4.78 is 10.3. The van der Waals surface area contributed by atoms with Gasteiger partial charge in [-0.1, -0.05) is 6.92 Å². The number of methoxy groups -OCH3 is 1. The molecule has 0 radical (unpaired) electrons. The van der Waals surface area contributed by atoms with Gasteiger partial charge in [0.05, 0.1) is 13.2 Å². The number of ether oxygens (including phenoxy) is 2. The third-order valence-electron chi connectivity index (χ3n) is 2.86. The molecule has 15 heavy (non-hydrogen) atoms. The molecule has 0 aromatic heterocycles. The maximum Gasteiger partial charge on any atom is 0.326 e. The van der Waals surface area contributed by atoms with Crippen molar-refractivity contribution in [3.63, 3.8) is 0 Å².